The third-order valence-electron chi connectivity index (χ3n) is 6.41. The lowest BCUT2D eigenvalue weighted by molar-refractivity contribution is -0.137. The van der Waals surface area contributed by atoms with E-state index < -0.39 is 45.8 Å². The number of halogens is 3. The van der Waals surface area contributed by atoms with Crippen molar-refractivity contribution in [1.29, 1.82) is 0 Å². The van der Waals surface area contributed by atoms with Crippen molar-refractivity contribution in [2.75, 3.05) is 43.6 Å². The molecule has 3 atom stereocenters. The molecule has 3 unspecified atom stereocenters. The molecule has 0 saturated heterocycles. The number of rotatable bonds is 7. The zero-order chi connectivity index (χ0) is 29.1. The number of ether oxygens (including phenoxy) is 1. The number of hydrogen-bond donors (Lipinski definition) is 3. The van der Waals surface area contributed by atoms with Crippen LogP contribution in [0.1, 0.15) is 29.8 Å². The molecule has 3 rings (SSSR count). The Kier molecular flexibility index (Phi) is 9.13. The molecule has 0 saturated carbocycles. The van der Waals surface area contributed by atoms with Gasteiger partial charge in [0.1, 0.15) is 6.10 Å². The van der Waals surface area contributed by atoms with Crippen molar-refractivity contribution >= 4 is 33.3 Å². The van der Waals surface area contributed by atoms with Crippen LogP contribution in [-0.2, 0) is 16.2 Å². The largest absolute Gasteiger partial charge is 0.486 e. The van der Waals surface area contributed by atoms with Gasteiger partial charge in [0.2, 0.25) is 10.0 Å². The Morgan fingerprint density at radius 2 is 1.85 bits per heavy atom. The van der Waals surface area contributed by atoms with Crippen LogP contribution in [0.25, 0.3) is 0 Å². The van der Waals surface area contributed by atoms with Crippen LogP contribution in [-0.4, -0.2) is 79.8 Å². The number of alkyl halides is 3. The molecule has 3 N–H and O–H groups in total. The molecular formula is C25H31F3N4O6S. The number of amides is 3. The third kappa shape index (κ3) is 7.40. The average molecular weight is 573 g/mol. The highest BCUT2D eigenvalue weighted by Crippen LogP contribution is 2.35. The van der Waals surface area contributed by atoms with Gasteiger partial charge in [0.15, 0.2) is 5.75 Å². The molecule has 10 nitrogen and oxygen atoms in total. The minimum Gasteiger partial charge on any atom is -0.486 e. The predicted molar refractivity (Wildman–Crippen MR) is 139 cm³/mol. The van der Waals surface area contributed by atoms with Gasteiger partial charge in [-0.3, -0.25) is 4.79 Å². The average Bonchev–Trinajstić information content (AvgIpc) is 2.85. The van der Waals surface area contributed by atoms with E-state index in [0.29, 0.717) is 0 Å². The van der Waals surface area contributed by atoms with Crippen LogP contribution in [0, 0.1) is 5.92 Å². The van der Waals surface area contributed by atoms with Gasteiger partial charge in [-0.1, -0.05) is 13.0 Å². The van der Waals surface area contributed by atoms with Crippen LogP contribution in [0.4, 0.5) is 29.3 Å². The number of carbonyl (C=O) groups excluding carboxylic acids is 2. The maximum atomic E-state index is 13.5. The lowest BCUT2D eigenvalue weighted by atomic mass is 9.99. The summed E-state index contributed by atoms with van der Waals surface area (Å²) in [4.78, 5) is 27.7. The van der Waals surface area contributed by atoms with Gasteiger partial charge in [-0.05, 0) is 43.3 Å². The van der Waals surface area contributed by atoms with Crippen LogP contribution < -0.4 is 15.4 Å². The molecule has 0 spiro atoms. The van der Waals surface area contributed by atoms with E-state index in [1.165, 1.54) is 30.1 Å². The SMILES string of the molecule is CC1CN(C(C)CO)C(=O)c2cccc(NC(=O)Nc3ccc(C(F)(F)F)cc3)c2OC1CN(C)S(C)(=O)=O. The maximum Gasteiger partial charge on any atom is 0.416 e. The van der Waals surface area contributed by atoms with Gasteiger partial charge in [-0.25, -0.2) is 17.5 Å². The monoisotopic (exact) mass is 572 g/mol. The van der Waals surface area contributed by atoms with Gasteiger partial charge in [0, 0.05) is 25.2 Å². The van der Waals surface area contributed by atoms with Crippen LogP contribution in [0.15, 0.2) is 42.5 Å². The highest BCUT2D eigenvalue weighted by atomic mass is 32.2. The fourth-order valence-corrected chi connectivity index (χ4v) is 4.39. The van der Waals surface area contributed by atoms with E-state index >= 15 is 0 Å². The molecule has 0 radical (unpaired) electrons. The molecular weight excluding hydrogens is 541 g/mol. The number of anilines is 2. The first-order valence-corrected chi connectivity index (χ1v) is 13.8. The highest BCUT2D eigenvalue weighted by Gasteiger charge is 2.35. The molecule has 2 aromatic rings. The molecule has 1 aliphatic rings. The van der Waals surface area contributed by atoms with Crippen LogP contribution in [0.5, 0.6) is 5.75 Å². The predicted octanol–water partition coefficient (Wildman–Crippen LogP) is 3.46. The Bertz CT molecular complexity index is 1300. The highest BCUT2D eigenvalue weighted by molar-refractivity contribution is 7.88. The summed E-state index contributed by atoms with van der Waals surface area (Å²) in [7, 11) is -2.17. The van der Waals surface area contributed by atoms with Crippen molar-refractivity contribution in [2.45, 2.75) is 32.2 Å². The number of aliphatic hydroxyl groups excluding tert-OH is 1. The molecule has 0 bridgehead atoms. The third-order valence-corrected chi connectivity index (χ3v) is 7.69. The smallest absolute Gasteiger partial charge is 0.416 e. The number of likely N-dealkylation sites (N-methyl/N-ethyl adjacent to an activating group) is 1. The number of sulfonamides is 1. The second-order valence-corrected chi connectivity index (χ2v) is 11.6. The minimum atomic E-state index is -4.52. The molecule has 214 valence electrons. The van der Waals surface area contributed by atoms with Gasteiger partial charge in [-0.15, -0.1) is 0 Å². The Balaban J connectivity index is 1.95. The fourth-order valence-electron chi connectivity index (χ4n) is 3.98. The number of nitrogens with one attached hydrogen (secondary N) is 2. The summed E-state index contributed by atoms with van der Waals surface area (Å²) in [5.41, 5.74) is -0.601. The number of fused-ring (bicyclic) bond motifs is 1. The number of hydrogen-bond acceptors (Lipinski definition) is 6. The summed E-state index contributed by atoms with van der Waals surface area (Å²) in [5.74, 6) is -0.840. The summed E-state index contributed by atoms with van der Waals surface area (Å²) < 4.78 is 70.0. The molecule has 0 aromatic heterocycles. The van der Waals surface area contributed by atoms with Gasteiger partial charge >= 0.3 is 12.2 Å². The van der Waals surface area contributed by atoms with Gasteiger partial charge in [0.05, 0.1) is 42.3 Å². The van der Waals surface area contributed by atoms with Crippen molar-refractivity contribution in [1.82, 2.24) is 9.21 Å². The number of benzene rings is 2. The molecule has 0 fully saturated rings. The van der Waals surface area contributed by atoms with Crippen molar-refractivity contribution in [3.05, 3.63) is 53.6 Å². The van der Waals surface area contributed by atoms with Crippen molar-refractivity contribution in [3.63, 3.8) is 0 Å². The zero-order valence-corrected chi connectivity index (χ0v) is 22.6. The van der Waals surface area contributed by atoms with Gasteiger partial charge < -0.3 is 25.4 Å². The van der Waals surface area contributed by atoms with Crippen molar-refractivity contribution in [3.8, 4) is 5.75 Å². The summed E-state index contributed by atoms with van der Waals surface area (Å²) in [6, 6.07) is 6.98. The minimum absolute atomic E-state index is 0.00124. The lowest BCUT2D eigenvalue weighted by Gasteiger charge is -2.38. The number of nitrogens with zero attached hydrogens (tertiary/aromatic N) is 2. The number of carbonyl (C=O) groups is 2. The Morgan fingerprint density at radius 1 is 1.21 bits per heavy atom. The van der Waals surface area contributed by atoms with Crippen molar-refractivity contribution < 1.29 is 41.0 Å². The number of urea groups is 1. The maximum absolute atomic E-state index is 13.5. The summed E-state index contributed by atoms with van der Waals surface area (Å²) in [5, 5.41) is 14.7. The first kappa shape index (κ1) is 30.2. The van der Waals surface area contributed by atoms with E-state index in [9.17, 15) is 36.3 Å². The number of aliphatic hydroxyl groups is 1. The Morgan fingerprint density at radius 3 is 2.41 bits per heavy atom. The Labute approximate surface area is 224 Å². The standard InChI is InChI=1S/C25H31F3N4O6S/c1-15-12-32(16(2)14-33)23(34)19-6-5-7-20(22(19)38-21(15)13-31(3)39(4,36)37)30-24(35)29-18-10-8-17(9-11-18)25(26,27)28/h5-11,15-16,21,33H,12-14H2,1-4H3,(H2,29,30,35). The van der Waals surface area contributed by atoms with Gasteiger partial charge in [0.25, 0.3) is 5.91 Å². The molecule has 1 aliphatic heterocycles. The van der Waals surface area contributed by atoms with Crippen molar-refractivity contribution in [2.24, 2.45) is 5.92 Å². The second-order valence-electron chi connectivity index (χ2n) is 9.50. The molecule has 1 heterocycles. The number of para-hydroxylation sites is 1. The van der Waals surface area contributed by atoms with Crippen LogP contribution in [0.3, 0.4) is 0 Å². The quantitative estimate of drug-likeness (QED) is 0.466. The van der Waals surface area contributed by atoms with E-state index in [1.807, 2.05) is 0 Å². The molecule has 0 aliphatic carbocycles. The molecule has 39 heavy (non-hydrogen) atoms. The topological polar surface area (TPSA) is 128 Å². The summed E-state index contributed by atoms with van der Waals surface area (Å²) >= 11 is 0. The first-order chi connectivity index (χ1) is 18.1. The molecule has 2 aromatic carbocycles. The second kappa shape index (κ2) is 11.8. The summed E-state index contributed by atoms with van der Waals surface area (Å²) in [6.45, 7) is 3.26. The van der Waals surface area contributed by atoms with E-state index in [1.54, 1.807) is 13.8 Å². The summed E-state index contributed by atoms with van der Waals surface area (Å²) in [6.07, 6.45) is -4.21. The van der Waals surface area contributed by atoms with E-state index in [2.05, 4.69) is 10.6 Å². The van der Waals surface area contributed by atoms with E-state index in [-0.39, 0.29) is 48.3 Å². The van der Waals surface area contributed by atoms with E-state index in [0.717, 1.165) is 34.8 Å². The zero-order valence-electron chi connectivity index (χ0n) is 21.8. The molecule has 14 heteroatoms. The molecule has 3 amide bonds. The lowest BCUT2D eigenvalue weighted by Crippen LogP contribution is -2.50. The Hall–Kier alpha value is -3.36. The van der Waals surface area contributed by atoms with Gasteiger partial charge in [-0.2, -0.15) is 13.2 Å². The first-order valence-electron chi connectivity index (χ1n) is 12.0. The van der Waals surface area contributed by atoms with Crippen LogP contribution in [0.2, 0.25) is 0 Å². The fraction of sp³-hybridized carbons (Fsp3) is 0.440. The normalized spacial score (nSPS) is 19.0. The van der Waals surface area contributed by atoms with Crippen LogP contribution >= 0.6 is 0 Å². The van der Waals surface area contributed by atoms with E-state index in [4.69, 9.17) is 4.74 Å².